The molecule has 1 atom stereocenters. The minimum atomic E-state index is -0.663. The van der Waals surface area contributed by atoms with Crippen molar-refractivity contribution < 1.29 is 14.6 Å². The van der Waals surface area contributed by atoms with E-state index in [0.29, 0.717) is 39.0 Å². The smallest absolute Gasteiger partial charge is 0.226 e. The lowest BCUT2D eigenvalue weighted by molar-refractivity contribution is -0.175. The lowest BCUT2D eigenvalue weighted by Crippen LogP contribution is -2.54. The molecule has 1 unspecified atom stereocenters. The summed E-state index contributed by atoms with van der Waals surface area (Å²) in [5.74, 6) is 0.846. The number of ether oxygens (including phenoxy) is 1. The Morgan fingerprint density at radius 3 is 2.54 bits per heavy atom. The van der Waals surface area contributed by atoms with Gasteiger partial charge in [-0.25, -0.2) is 0 Å². The number of tetrazole rings is 1. The van der Waals surface area contributed by atoms with Gasteiger partial charge in [0, 0.05) is 19.5 Å². The van der Waals surface area contributed by atoms with Crippen LogP contribution in [0.2, 0.25) is 0 Å². The number of hydrogen-bond donors (Lipinski definition) is 1. The molecule has 2 aromatic rings. The van der Waals surface area contributed by atoms with Crippen LogP contribution < -0.4 is 0 Å². The van der Waals surface area contributed by atoms with Crippen LogP contribution in [0.3, 0.4) is 0 Å². The Kier molecular flexibility index (Phi) is 4.93. The lowest BCUT2D eigenvalue weighted by Gasteiger charge is -2.48. The zero-order chi connectivity index (χ0) is 19.8. The normalized spacial score (nSPS) is 24.5. The molecular weight excluding hydrogens is 358 g/mol. The Morgan fingerprint density at radius 1 is 1.21 bits per heavy atom. The highest BCUT2D eigenvalue weighted by atomic mass is 16.5. The summed E-state index contributed by atoms with van der Waals surface area (Å²) in [5, 5.41) is 21.9. The van der Waals surface area contributed by atoms with Gasteiger partial charge in [0.1, 0.15) is 0 Å². The van der Waals surface area contributed by atoms with Gasteiger partial charge in [0.15, 0.2) is 5.82 Å². The fourth-order valence-electron chi connectivity index (χ4n) is 4.32. The van der Waals surface area contributed by atoms with E-state index in [4.69, 9.17) is 4.74 Å². The van der Waals surface area contributed by atoms with Crippen LogP contribution in [0.4, 0.5) is 0 Å². The predicted molar refractivity (Wildman–Crippen MR) is 102 cm³/mol. The topological polar surface area (TPSA) is 93.4 Å². The molecule has 1 aromatic heterocycles. The second-order valence-corrected chi connectivity index (χ2v) is 8.32. The molecule has 2 saturated heterocycles. The largest absolute Gasteiger partial charge is 0.390 e. The fraction of sp³-hybridized carbons (Fsp3) is 0.600. The van der Waals surface area contributed by atoms with Crippen molar-refractivity contribution in [2.24, 2.45) is 0 Å². The first-order chi connectivity index (χ1) is 13.4. The summed E-state index contributed by atoms with van der Waals surface area (Å²) in [5.41, 5.74) is 0.908. The van der Waals surface area contributed by atoms with Gasteiger partial charge in [-0.2, -0.15) is 4.68 Å². The maximum absolute atomic E-state index is 12.7. The monoisotopic (exact) mass is 385 g/mol. The van der Waals surface area contributed by atoms with Crippen LogP contribution in [-0.4, -0.2) is 67.0 Å². The Hall–Kier alpha value is -2.32. The molecule has 3 heterocycles. The number of rotatable bonds is 3. The number of piperidine rings is 1. The third kappa shape index (κ3) is 3.93. The minimum Gasteiger partial charge on any atom is -0.390 e. The molecule has 0 bridgehead atoms. The summed E-state index contributed by atoms with van der Waals surface area (Å²) >= 11 is 0. The van der Waals surface area contributed by atoms with Crippen molar-refractivity contribution in [1.29, 1.82) is 0 Å². The molecule has 8 nitrogen and oxygen atoms in total. The Bertz CT molecular complexity index is 838. The average molecular weight is 385 g/mol. The van der Waals surface area contributed by atoms with Gasteiger partial charge in [0.05, 0.1) is 29.9 Å². The van der Waals surface area contributed by atoms with Gasteiger partial charge in [-0.3, -0.25) is 4.79 Å². The number of carbonyl (C=O) groups is 1. The van der Waals surface area contributed by atoms with Crippen molar-refractivity contribution in [2.75, 3.05) is 19.7 Å². The second kappa shape index (κ2) is 7.25. The molecule has 0 saturated carbocycles. The zero-order valence-corrected chi connectivity index (χ0v) is 16.5. The average Bonchev–Trinajstić information content (AvgIpc) is 3.08. The number of benzene rings is 1. The molecule has 2 aliphatic rings. The van der Waals surface area contributed by atoms with Crippen molar-refractivity contribution in [3.63, 3.8) is 0 Å². The summed E-state index contributed by atoms with van der Waals surface area (Å²) < 4.78 is 7.69. The van der Waals surface area contributed by atoms with Crippen LogP contribution >= 0.6 is 0 Å². The Labute approximate surface area is 164 Å². The molecule has 8 heteroatoms. The van der Waals surface area contributed by atoms with Crippen LogP contribution in [0.15, 0.2) is 24.3 Å². The second-order valence-electron chi connectivity index (χ2n) is 8.32. The first-order valence-corrected chi connectivity index (χ1v) is 9.84. The standard InChI is InChI=1S/C20H27N5O3/c1-15-21-22-23-25(15)17-5-3-16(4-6-17)13-18(26)24-10-7-20(8-11-24)14-19(2,27)9-12-28-20/h3-6,27H,7-14H2,1-2H3. The quantitative estimate of drug-likeness (QED) is 0.859. The number of aliphatic hydroxyl groups is 1. The van der Waals surface area contributed by atoms with E-state index in [1.54, 1.807) is 4.68 Å². The van der Waals surface area contributed by atoms with Crippen molar-refractivity contribution in [1.82, 2.24) is 25.1 Å². The van der Waals surface area contributed by atoms with E-state index >= 15 is 0 Å². The number of hydrogen-bond acceptors (Lipinski definition) is 6. The molecular formula is C20H27N5O3. The molecule has 1 aromatic carbocycles. The molecule has 1 N–H and O–H groups in total. The van der Waals surface area contributed by atoms with E-state index in [2.05, 4.69) is 15.5 Å². The molecule has 0 radical (unpaired) electrons. The van der Waals surface area contributed by atoms with Gasteiger partial charge in [-0.1, -0.05) is 12.1 Å². The highest BCUT2D eigenvalue weighted by Gasteiger charge is 2.44. The summed E-state index contributed by atoms with van der Waals surface area (Å²) in [6.07, 6.45) is 3.27. The molecule has 28 heavy (non-hydrogen) atoms. The van der Waals surface area contributed by atoms with Gasteiger partial charge in [-0.05, 0) is 61.2 Å². The predicted octanol–water partition coefficient (Wildman–Crippen LogP) is 1.44. The summed E-state index contributed by atoms with van der Waals surface area (Å²) in [6.45, 7) is 5.67. The van der Waals surface area contributed by atoms with Crippen molar-refractivity contribution >= 4 is 5.91 Å². The SMILES string of the molecule is Cc1nnnn1-c1ccc(CC(=O)N2CCC3(CC2)CC(C)(O)CCO3)cc1. The maximum Gasteiger partial charge on any atom is 0.226 e. The summed E-state index contributed by atoms with van der Waals surface area (Å²) in [6, 6.07) is 7.74. The first kappa shape index (κ1) is 19.0. The van der Waals surface area contributed by atoms with Crippen LogP contribution in [-0.2, 0) is 16.0 Å². The summed E-state index contributed by atoms with van der Waals surface area (Å²) in [7, 11) is 0. The lowest BCUT2D eigenvalue weighted by atomic mass is 9.78. The maximum atomic E-state index is 12.7. The van der Waals surface area contributed by atoms with Crippen molar-refractivity contribution in [3.05, 3.63) is 35.7 Å². The van der Waals surface area contributed by atoms with Crippen LogP contribution in [0, 0.1) is 6.92 Å². The molecule has 1 spiro atoms. The molecule has 2 fully saturated rings. The third-order valence-corrected chi connectivity index (χ3v) is 5.94. The molecule has 2 aliphatic heterocycles. The minimum absolute atomic E-state index is 0.128. The Balaban J connectivity index is 1.34. The van der Waals surface area contributed by atoms with E-state index in [1.807, 2.05) is 43.0 Å². The molecule has 150 valence electrons. The van der Waals surface area contributed by atoms with Crippen LogP contribution in [0.25, 0.3) is 5.69 Å². The first-order valence-electron chi connectivity index (χ1n) is 9.84. The number of carbonyl (C=O) groups excluding carboxylic acids is 1. The van der Waals surface area contributed by atoms with Crippen LogP contribution in [0.1, 0.15) is 44.0 Å². The van der Waals surface area contributed by atoms with Crippen molar-refractivity contribution in [2.45, 2.75) is 57.2 Å². The highest BCUT2D eigenvalue weighted by molar-refractivity contribution is 5.79. The van der Waals surface area contributed by atoms with Crippen LogP contribution in [0.5, 0.6) is 0 Å². The van der Waals surface area contributed by atoms with Gasteiger partial charge in [0.25, 0.3) is 0 Å². The fourth-order valence-corrected chi connectivity index (χ4v) is 4.32. The van der Waals surface area contributed by atoms with E-state index in [9.17, 15) is 9.90 Å². The number of aromatic nitrogens is 4. The number of nitrogens with zero attached hydrogens (tertiary/aromatic N) is 5. The molecule has 1 amide bonds. The van der Waals surface area contributed by atoms with Crippen molar-refractivity contribution in [3.8, 4) is 5.69 Å². The van der Waals surface area contributed by atoms with E-state index in [-0.39, 0.29) is 11.5 Å². The number of aryl methyl sites for hydroxylation is 1. The highest BCUT2D eigenvalue weighted by Crippen LogP contribution is 2.39. The third-order valence-electron chi connectivity index (χ3n) is 5.94. The number of amides is 1. The van der Waals surface area contributed by atoms with Gasteiger partial charge in [-0.15, -0.1) is 5.10 Å². The van der Waals surface area contributed by atoms with E-state index in [1.165, 1.54) is 0 Å². The zero-order valence-electron chi connectivity index (χ0n) is 16.5. The molecule has 4 rings (SSSR count). The molecule has 0 aliphatic carbocycles. The summed E-state index contributed by atoms with van der Waals surface area (Å²) in [4.78, 5) is 14.6. The van der Waals surface area contributed by atoms with Gasteiger partial charge in [0.2, 0.25) is 5.91 Å². The number of likely N-dealkylation sites (tertiary alicyclic amines) is 1. The van der Waals surface area contributed by atoms with E-state index < -0.39 is 5.60 Å². The Morgan fingerprint density at radius 2 is 1.93 bits per heavy atom. The van der Waals surface area contributed by atoms with E-state index in [0.717, 1.165) is 29.9 Å². The van der Waals surface area contributed by atoms with Gasteiger partial charge < -0.3 is 14.7 Å². The van der Waals surface area contributed by atoms with Gasteiger partial charge >= 0.3 is 0 Å².